The van der Waals surface area contributed by atoms with E-state index in [-0.39, 0.29) is 23.3 Å². The summed E-state index contributed by atoms with van der Waals surface area (Å²) < 4.78 is 26.7. The molecule has 4 nitrogen and oxygen atoms in total. The number of hydrogen-bond donors (Lipinski definition) is 0. The molecular weight excluding hydrogens is 308 g/mol. The third kappa shape index (κ3) is 3.04. The SMILES string of the molecule is Cc1ccc(CN(C(=O)c2cc(C(F)F)nn2C)C2CC2)s1. The van der Waals surface area contributed by atoms with Gasteiger partial charge in [0.05, 0.1) is 6.54 Å². The fraction of sp³-hybridized carbons (Fsp3) is 0.467. The van der Waals surface area contributed by atoms with Crippen LogP contribution >= 0.6 is 11.3 Å². The highest BCUT2D eigenvalue weighted by molar-refractivity contribution is 7.11. The molecule has 1 aliphatic rings. The van der Waals surface area contributed by atoms with Crippen molar-refractivity contribution in [2.75, 3.05) is 0 Å². The van der Waals surface area contributed by atoms with Crippen LogP contribution in [0.25, 0.3) is 0 Å². The zero-order valence-corrected chi connectivity index (χ0v) is 13.2. The van der Waals surface area contributed by atoms with Crippen molar-refractivity contribution in [2.24, 2.45) is 7.05 Å². The van der Waals surface area contributed by atoms with E-state index < -0.39 is 6.43 Å². The highest BCUT2D eigenvalue weighted by atomic mass is 32.1. The summed E-state index contributed by atoms with van der Waals surface area (Å²) in [6.07, 6.45) is -0.729. The molecule has 0 N–H and O–H groups in total. The zero-order chi connectivity index (χ0) is 15.9. The Morgan fingerprint density at radius 2 is 2.23 bits per heavy atom. The molecule has 118 valence electrons. The van der Waals surface area contributed by atoms with Crippen molar-refractivity contribution >= 4 is 17.2 Å². The second kappa shape index (κ2) is 5.79. The molecule has 3 rings (SSSR count). The van der Waals surface area contributed by atoms with Gasteiger partial charge in [-0.25, -0.2) is 8.78 Å². The number of amides is 1. The highest BCUT2D eigenvalue weighted by Crippen LogP contribution is 2.31. The number of carbonyl (C=O) groups excluding carboxylic acids is 1. The van der Waals surface area contributed by atoms with E-state index in [1.54, 1.807) is 16.2 Å². The van der Waals surface area contributed by atoms with Crippen LogP contribution in [0.4, 0.5) is 8.78 Å². The van der Waals surface area contributed by atoms with Gasteiger partial charge in [0.2, 0.25) is 0 Å². The summed E-state index contributed by atoms with van der Waals surface area (Å²) in [5, 5.41) is 3.73. The Balaban J connectivity index is 1.83. The van der Waals surface area contributed by atoms with Crippen LogP contribution in [0.5, 0.6) is 0 Å². The third-order valence-corrected chi connectivity index (χ3v) is 4.70. The van der Waals surface area contributed by atoms with Crippen molar-refractivity contribution in [3.63, 3.8) is 0 Å². The molecule has 7 heteroatoms. The van der Waals surface area contributed by atoms with Gasteiger partial charge in [-0.3, -0.25) is 9.48 Å². The minimum absolute atomic E-state index is 0.208. The predicted octanol–water partition coefficient (Wildman–Crippen LogP) is 3.53. The number of thiophene rings is 1. The summed E-state index contributed by atoms with van der Waals surface area (Å²) in [5.74, 6) is -0.226. The first kappa shape index (κ1) is 15.1. The molecule has 0 unspecified atom stereocenters. The molecule has 0 bridgehead atoms. The molecule has 22 heavy (non-hydrogen) atoms. The monoisotopic (exact) mass is 325 g/mol. The van der Waals surface area contributed by atoms with Gasteiger partial charge in [-0.2, -0.15) is 5.10 Å². The van der Waals surface area contributed by atoms with Crippen LogP contribution in [-0.2, 0) is 13.6 Å². The van der Waals surface area contributed by atoms with Gasteiger partial charge in [-0.1, -0.05) is 0 Å². The molecular formula is C15H17F2N3OS. The first-order chi connectivity index (χ1) is 10.5. The van der Waals surface area contributed by atoms with Crippen LogP contribution in [0.1, 0.15) is 45.2 Å². The van der Waals surface area contributed by atoms with Crippen LogP contribution in [0.2, 0.25) is 0 Å². The van der Waals surface area contributed by atoms with E-state index in [0.717, 1.165) is 17.7 Å². The molecule has 1 saturated carbocycles. The number of alkyl halides is 2. The van der Waals surface area contributed by atoms with Gasteiger partial charge in [0.1, 0.15) is 11.4 Å². The molecule has 0 aromatic carbocycles. The third-order valence-electron chi connectivity index (χ3n) is 3.71. The van der Waals surface area contributed by atoms with E-state index in [9.17, 15) is 13.6 Å². The topological polar surface area (TPSA) is 38.1 Å². The van der Waals surface area contributed by atoms with Crippen LogP contribution in [-0.4, -0.2) is 26.6 Å². The van der Waals surface area contributed by atoms with Crippen LogP contribution < -0.4 is 0 Å². The Kier molecular flexibility index (Phi) is 3.99. The fourth-order valence-electron chi connectivity index (χ4n) is 2.43. The Bertz CT molecular complexity index is 691. The first-order valence-corrected chi connectivity index (χ1v) is 7.95. The molecule has 1 amide bonds. The van der Waals surface area contributed by atoms with Crippen molar-refractivity contribution in [3.8, 4) is 0 Å². The van der Waals surface area contributed by atoms with Gasteiger partial charge < -0.3 is 4.90 Å². The Morgan fingerprint density at radius 1 is 1.50 bits per heavy atom. The summed E-state index contributed by atoms with van der Waals surface area (Å²) in [6.45, 7) is 2.55. The maximum atomic E-state index is 12.7. The molecule has 0 aliphatic heterocycles. The Hall–Kier alpha value is -1.76. The maximum Gasteiger partial charge on any atom is 0.282 e. The van der Waals surface area contributed by atoms with E-state index in [1.165, 1.54) is 22.7 Å². The maximum absolute atomic E-state index is 12.7. The lowest BCUT2D eigenvalue weighted by atomic mass is 10.3. The zero-order valence-electron chi connectivity index (χ0n) is 12.4. The molecule has 0 spiro atoms. The number of carbonyl (C=O) groups is 1. The van der Waals surface area contributed by atoms with Crippen molar-refractivity contribution in [1.82, 2.24) is 14.7 Å². The van der Waals surface area contributed by atoms with Gasteiger partial charge in [-0.05, 0) is 38.0 Å². The molecule has 1 aliphatic carbocycles. The minimum atomic E-state index is -2.66. The molecule has 1 fully saturated rings. The molecule has 0 radical (unpaired) electrons. The lowest BCUT2D eigenvalue weighted by Crippen LogP contribution is -2.33. The first-order valence-electron chi connectivity index (χ1n) is 7.14. The predicted molar refractivity (Wildman–Crippen MR) is 80.1 cm³/mol. The van der Waals surface area contributed by atoms with Crippen LogP contribution in [0.3, 0.4) is 0 Å². The standard InChI is InChI=1S/C15H17F2N3OS/c1-9-3-6-11(22-9)8-20(10-4-5-10)15(21)13-7-12(14(16)17)18-19(13)2/h3,6-7,10,14H,4-5,8H2,1-2H3. The summed E-state index contributed by atoms with van der Waals surface area (Å²) in [4.78, 5) is 16.8. The number of hydrogen-bond acceptors (Lipinski definition) is 3. The lowest BCUT2D eigenvalue weighted by Gasteiger charge is -2.21. The number of aryl methyl sites for hydroxylation is 2. The van der Waals surface area contributed by atoms with Crippen LogP contribution in [0.15, 0.2) is 18.2 Å². The second-order valence-corrected chi connectivity index (χ2v) is 6.93. The quantitative estimate of drug-likeness (QED) is 0.843. The number of nitrogens with zero attached hydrogens (tertiary/aromatic N) is 3. The average Bonchev–Trinajstić information content (AvgIpc) is 3.10. The largest absolute Gasteiger partial charge is 0.329 e. The van der Waals surface area contributed by atoms with Crippen LogP contribution in [0, 0.1) is 6.92 Å². The molecule has 2 aromatic rings. The number of aromatic nitrogens is 2. The number of halogens is 2. The van der Waals surface area contributed by atoms with Gasteiger partial charge in [-0.15, -0.1) is 11.3 Å². The summed E-state index contributed by atoms with van der Waals surface area (Å²) in [7, 11) is 1.53. The molecule has 0 atom stereocenters. The van der Waals surface area contributed by atoms with Gasteiger partial charge >= 0.3 is 0 Å². The molecule has 2 aromatic heterocycles. The smallest absolute Gasteiger partial charge is 0.282 e. The van der Waals surface area contributed by atoms with E-state index >= 15 is 0 Å². The second-order valence-electron chi connectivity index (χ2n) is 5.56. The van der Waals surface area contributed by atoms with Gasteiger partial charge in [0.15, 0.2) is 0 Å². The summed E-state index contributed by atoms with van der Waals surface area (Å²) >= 11 is 1.65. The van der Waals surface area contributed by atoms with Crippen molar-refractivity contribution in [3.05, 3.63) is 39.3 Å². The average molecular weight is 325 g/mol. The molecule has 0 saturated heterocycles. The highest BCUT2D eigenvalue weighted by Gasteiger charge is 2.35. The Labute approximate surface area is 131 Å². The van der Waals surface area contributed by atoms with Crippen molar-refractivity contribution < 1.29 is 13.6 Å². The van der Waals surface area contributed by atoms with E-state index in [0.29, 0.717) is 6.54 Å². The van der Waals surface area contributed by atoms with Crippen molar-refractivity contribution in [1.29, 1.82) is 0 Å². The van der Waals surface area contributed by atoms with E-state index in [1.807, 2.05) is 19.1 Å². The molecule has 2 heterocycles. The summed E-state index contributed by atoms with van der Waals surface area (Å²) in [5.41, 5.74) is -0.135. The fourth-order valence-corrected chi connectivity index (χ4v) is 3.32. The van der Waals surface area contributed by atoms with E-state index in [2.05, 4.69) is 5.10 Å². The number of rotatable bonds is 5. The minimum Gasteiger partial charge on any atom is -0.329 e. The van der Waals surface area contributed by atoms with Gasteiger partial charge in [0.25, 0.3) is 12.3 Å². The van der Waals surface area contributed by atoms with E-state index in [4.69, 9.17) is 0 Å². The van der Waals surface area contributed by atoms with Gasteiger partial charge in [0, 0.05) is 22.8 Å². The lowest BCUT2D eigenvalue weighted by molar-refractivity contribution is 0.0720. The summed E-state index contributed by atoms with van der Waals surface area (Å²) in [6, 6.07) is 5.44. The normalized spacial score (nSPS) is 14.6. The van der Waals surface area contributed by atoms with Crippen molar-refractivity contribution in [2.45, 2.75) is 38.8 Å². The Morgan fingerprint density at radius 3 is 2.73 bits per heavy atom.